The topological polar surface area (TPSA) is 43.8 Å². The van der Waals surface area contributed by atoms with Crippen LogP contribution in [0.25, 0.3) is 11.4 Å². The van der Waals surface area contributed by atoms with Crippen molar-refractivity contribution in [2.75, 3.05) is 5.73 Å². The summed E-state index contributed by atoms with van der Waals surface area (Å²) in [6.45, 7) is 7.52. The molecule has 27 heavy (non-hydrogen) atoms. The molecule has 2 aromatic rings. The molecule has 1 aromatic heterocycles. The Kier molecular flexibility index (Phi) is 9.20. The van der Waals surface area contributed by atoms with Gasteiger partial charge in [0.25, 0.3) is 0 Å². The van der Waals surface area contributed by atoms with Gasteiger partial charge < -0.3 is 10.3 Å². The number of halogens is 1. The van der Waals surface area contributed by atoms with Crippen molar-refractivity contribution >= 4 is 17.3 Å². The fourth-order valence-electron chi connectivity index (χ4n) is 3.59. The zero-order valence-electron chi connectivity index (χ0n) is 17.4. The number of imidazole rings is 1. The molecular weight excluding hydrogens is 354 g/mol. The summed E-state index contributed by atoms with van der Waals surface area (Å²) in [4.78, 5) is 4.78. The maximum Gasteiger partial charge on any atom is 0.140 e. The molecule has 2 N–H and O–H groups in total. The molecule has 0 atom stereocenters. The Morgan fingerprint density at radius 2 is 1.52 bits per heavy atom. The highest BCUT2D eigenvalue weighted by Crippen LogP contribution is 2.28. The van der Waals surface area contributed by atoms with Gasteiger partial charge in [-0.1, -0.05) is 76.3 Å². The van der Waals surface area contributed by atoms with E-state index < -0.39 is 0 Å². The Morgan fingerprint density at radius 1 is 0.926 bits per heavy atom. The third-order valence-electron chi connectivity index (χ3n) is 5.45. The molecule has 150 valence electrons. The molecule has 3 nitrogen and oxygen atoms in total. The standard InChI is InChI=1S/C23H36ClN3/c1-4-5-6-7-8-9-10-11-12-13-16-27-19(3)18(2)26-23(27)20-14-15-21(24)22(25)17-20/h14-15,17H,4-13,16,25H2,1-3H3. The van der Waals surface area contributed by atoms with Crippen LogP contribution in [-0.4, -0.2) is 9.55 Å². The van der Waals surface area contributed by atoms with Crippen LogP contribution < -0.4 is 5.73 Å². The molecule has 2 rings (SSSR count). The Morgan fingerprint density at radius 3 is 2.11 bits per heavy atom. The monoisotopic (exact) mass is 389 g/mol. The molecule has 1 heterocycles. The Labute approximate surface area is 170 Å². The summed E-state index contributed by atoms with van der Waals surface area (Å²) in [5.41, 5.74) is 9.97. The Balaban J connectivity index is 1.82. The summed E-state index contributed by atoms with van der Waals surface area (Å²) in [6, 6.07) is 5.80. The largest absolute Gasteiger partial charge is 0.398 e. The highest BCUT2D eigenvalue weighted by Gasteiger charge is 2.13. The van der Waals surface area contributed by atoms with Gasteiger partial charge in [0.1, 0.15) is 5.82 Å². The van der Waals surface area contributed by atoms with Gasteiger partial charge in [-0.15, -0.1) is 0 Å². The van der Waals surface area contributed by atoms with Crippen molar-refractivity contribution in [3.05, 3.63) is 34.6 Å². The molecule has 0 saturated heterocycles. The van der Waals surface area contributed by atoms with Gasteiger partial charge in [0.2, 0.25) is 0 Å². The normalized spacial score (nSPS) is 11.3. The summed E-state index contributed by atoms with van der Waals surface area (Å²) in [6.07, 6.45) is 13.5. The molecule has 0 saturated carbocycles. The molecule has 0 amide bonds. The molecule has 0 bridgehead atoms. The molecule has 0 aliphatic heterocycles. The van der Waals surface area contributed by atoms with E-state index >= 15 is 0 Å². The van der Waals surface area contributed by atoms with E-state index in [0.717, 1.165) is 23.6 Å². The zero-order chi connectivity index (χ0) is 19.6. The van der Waals surface area contributed by atoms with Crippen molar-refractivity contribution in [1.29, 1.82) is 0 Å². The lowest BCUT2D eigenvalue weighted by molar-refractivity contribution is 0.533. The van der Waals surface area contributed by atoms with E-state index in [9.17, 15) is 0 Å². The number of hydrogen-bond donors (Lipinski definition) is 1. The van der Waals surface area contributed by atoms with Gasteiger partial charge in [0.05, 0.1) is 16.4 Å². The second-order valence-electron chi connectivity index (χ2n) is 7.68. The molecule has 0 fully saturated rings. The first-order valence-electron chi connectivity index (χ1n) is 10.6. The summed E-state index contributed by atoms with van der Waals surface area (Å²) >= 11 is 6.07. The van der Waals surface area contributed by atoms with Crippen LogP contribution in [0.2, 0.25) is 5.02 Å². The van der Waals surface area contributed by atoms with Crippen molar-refractivity contribution in [2.45, 2.75) is 91.5 Å². The number of unbranched alkanes of at least 4 members (excludes halogenated alkanes) is 9. The van der Waals surface area contributed by atoms with Gasteiger partial charge in [-0.05, 0) is 38.5 Å². The summed E-state index contributed by atoms with van der Waals surface area (Å²) in [7, 11) is 0. The van der Waals surface area contributed by atoms with Crippen LogP contribution >= 0.6 is 11.6 Å². The smallest absolute Gasteiger partial charge is 0.140 e. The number of hydrogen-bond acceptors (Lipinski definition) is 2. The van der Waals surface area contributed by atoms with E-state index in [0.29, 0.717) is 10.7 Å². The highest BCUT2D eigenvalue weighted by molar-refractivity contribution is 6.33. The lowest BCUT2D eigenvalue weighted by Crippen LogP contribution is -2.03. The molecule has 0 spiro atoms. The van der Waals surface area contributed by atoms with Crippen LogP contribution in [0.4, 0.5) is 5.69 Å². The van der Waals surface area contributed by atoms with Gasteiger partial charge in [-0.2, -0.15) is 0 Å². The van der Waals surface area contributed by atoms with Crippen LogP contribution in [-0.2, 0) is 6.54 Å². The zero-order valence-corrected chi connectivity index (χ0v) is 18.1. The van der Waals surface area contributed by atoms with Crippen molar-refractivity contribution in [3.8, 4) is 11.4 Å². The van der Waals surface area contributed by atoms with Crippen molar-refractivity contribution < 1.29 is 0 Å². The third kappa shape index (κ3) is 6.57. The van der Waals surface area contributed by atoms with E-state index in [2.05, 4.69) is 25.3 Å². The Hall–Kier alpha value is -1.48. The van der Waals surface area contributed by atoms with Crippen molar-refractivity contribution in [2.24, 2.45) is 0 Å². The van der Waals surface area contributed by atoms with Gasteiger partial charge in [0, 0.05) is 17.8 Å². The predicted octanol–water partition coefficient (Wildman–Crippen LogP) is 7.32. The van der Waals surface area contributed by atoms with Crippen LogP contribution in [0.15, 0.2) is 18.2 Å². The van der Waals surface area contributed by atoms with Crippen LogP contribution in [0.3, 0.4) is 0 Å². The fraction of sp³-hybridized carbons (Fsp3) is 0.609. The van der Waals surface area contributed by atoms with Gasteiger partial charge >= 0.3 is 0 Å². The van der Waals surface area contributed by atoms with E-state index in [4.69, 9.17) is 22.3 Å². The number of nitrogens with two attached hydrogens (primary N) is 1. The number of anilines is 1. The van der Waals surface area contributed by atoms with Crippen molar-refractivity contribution in [3.63, 3.8) is 0 Å². The Bertz CT molecular complexity index is 706. The van der Waals surface area contributed by atoms with Gasteiger partial charge in [0.15, 0.2) is 0 Å². The van der Waals surface area contributed by atoms with Crippen LogP contribution in [0, 0.1) is 13.8 Å². The first-order chi connectivity index (χ1) is 13.0. The van der Waals surface area contributed by atoms with Crippen LogP contribution in [0.1, 0.15) is 82.5 Å². The minimum absolute atomic E-state index is 0.597. The predicted molar refractivity (Wildman–Crippen MR) is 118 cm³/mol. The number of nitrogens with zero attached hydrogens (tertiary/aromatic N) is 2. The summed E-state index contributed by atoms with van der Waals surface area (Å²) < 4.78 is 2.34. The lowest BCUT2D eigenvalue weighted by atomic mass is 10.1. The number of nitrogen functional groups attached to an aromatic ring is 1. The number of aryl methyl sites for hydroxylation is 1. The second kappa shape index (κ2) is 11.4. The first kappa shape index (κ1) is 21.8. The SMILES string of the molecule is CCCCCCCCCCCCn1c(-c2ccc(Cl)c(N)c2)nc(C)c1C. The molecule has 0 aliphatic rings. The molecule has 1 aromatic carbocycles. The van der Waals surface area contributed by atoms with Crippen LogP contribution in [0.5, 0.6) is 0 Å². The maximum atomic E-state index is 6.07. The molecule has 0 aliphatic carbocycles. The first-order valence-corrected chi connectivity index (χ1v) is 11.0. The highest BCUT2D eigenvalue weighted by atomic mass is 35.5. The number of rotatable bonds is 12. The van der Waals surface area contributed by atoms with Gasteiger partial charge in [-0.25, -0.2) is 4.98 Å². The van der Waals surface area contributed by atoms with E-state index in [1.807, 2.05) is 18.2 Å². The molecule has 4 heteroatoms. The average molecular weight is 390 g/mol. The summed E-state index contributed by atoms with van der Waals surface area (Å²) in [5.74, 6) is 1.00. The average Bonchev–Trinajstić information content (AvgIpc) is 2.94. The van der Waals surface area contributed by atoms with E-state index in [1.165, 1.54) is 69.9 Å². The quantitative estimate of drug-likeness (QED) is 0.305. The minimum atomic E-state index is 0.597. The van der Waals surface area contributed by atoms with Gasteiger partial charge in [-0.3, -0.25) is 0 Å². The third-order valence-corrected chi connectivity index (χ3v) is 5.79. The second-order valence-corrected chi connectivity index (χ2v) is 8.08. The lowest BCUT2D eigenvalue weighted by Gasteiger charge is -2.11. The number of benzene rings is 1. The minimum Gasteiger partial charge on any atom is -0.398 e. The van der Waals surface area contributed by atoms with Crippen molar-refractivity contribution in [1.82, 2.24) is 9.55 Å². The fourth-order valence-corrected chi connectivity index (χ4v) is 3.71. The van der Waals surface area contributed by atoms with E-state index in [1.54, 1.807) is 0 Å². The summed E-state index contributed by atoms with van der Waals surface area (Å²) in [5, 5.41) is 0.597. The molecular formula is C23H36ClN3. The maximum absolute atomic E-state index is 6.07. The molecule has 0 unspecified atom stereocenters. The van der Waals surface area contributed by atoms with E-state index in [-0.39, 0.29) is 0 Å². The molecule has 0 radical (unpaired) electrons. The number of aromatic nitrogens is 2.